The van der Waals surface area contributed by atoms with Crippen molar-refractivity contribution in [3.8, 4) is 5.75 Å². The van der Waals surface area contributed by atoms with Crippen LogP contribution in [0.2, 0.25) is 0 Å². The van der Waals surface area contributed by atoms with E-state index in [1.54, 1.807) is 0 Å². The van der Waals surface area contributed by atoms with Gasteiger partial charge < -0.3 is 15.4 Å². The maximum Gasteiger partial charge on any atom is 0.198 e. The van der Waals surface area contributed by atoms with E-state index >= 15 is 0 Å². The van der Waals surface area contributed by atoms with Crippen molar-refractivity contribution in [2.75, 3.05) is 23.7 Å². The van der Waals surface area contributed by atoms with Crippen molar-refractivity contribution < 1.29 is 4.74 Å². The molecule has 1 aliphatic carbocycles. The van der Waals surface area contributed by atoms with E-state index in [4.69, 9.17) is 10.5 Å². The molecular weight excluding hydrogens is 270 g/mol. The van der Waals surface area contributed by atoms with Crippen LogP contribution in [-0.4, -0.2) is 23.6 Å². The molecule has 2 N–H and O–H groups in total. The predicted molar refractivity (Wildman–Crippen MR) is 84.6 cm³/mol. The molecule has 5 heteroatoms. The van der Waals surface area contributed by atoms with Gasteiger partial charge in [0.2, 0.25) is 0 Å². The molecule has 1 aromatic rings. The Hall–Kier alpha value is -0.970. The molecule has 1 aromatic heterocycles. The van der Waals surface area contributed by atoms with E-state index in [1.165, 1.54) is 50.1 Å². The highest BCUT2D eigenvalue weighted by Crippen LogP contribution is 2.48. The van der Waals surface area contributed by atoms with Crippen molar-refractivity contribution in [3.05, 3.63) is 0 Å². The largest absolute Gasteiger partial charge is 0.484 e. The second kappa shape index (κ2) is 5.43. The van der Waals surface area contributed by atoms with Gasteiger partial charge in [-0.25, -0.2) is 0 Å². The average molecular weight is 295 g/mol. The van der Waals surface area contributed by atoms with Crippen LogP contribution in [0.1, 0.15) is 52.4 Å². The Morgan fingerprint density at radius 2 is 1.85 bits per heavy atom. The fourth-order valence-electron chi connectivity index (χ4n) is 3.64. The number of ether oxygens (including phenoxy) is 1. The highest BCUT2D eigenvalue weighted by Gasteiger charge is 2.38. The van der Waals surface area contributed by atoms with Gasteiger partial charge in [0.25, 0.3) is 0 Å². The minimum Gasteiger partial charge on any atom is -0.484 e. The van der Waals surface area contributed by atoms with Gasteiger partial charge >= 0.3 is 0 Å². The second-order valence-corrected chi connectivity index (χ2v) is 7.31. The Morgan fingerprint density at radius 1 is 1.20 bits per heavy atom. The van der Waals surface area contributed by atoms with Crippen LogP contribution in [0.5, 0.6) is 5.75 Å². The summed E-state index contributed by atoms with van der Waals surface area (Å²) in [5, 5.41) is 1.13. The molecule has 1 aliphatic heterocycles. The van der Waals surface area contributed by atoms with E-state index in [0.717, 1.165) is 23.8 Å². The van der Waals surface area contributed by atoms with Gasteiger partial charge in [-0.1, -0.05) is 12.8 Å². The summed E-state index contributed by atoms with van der Waals surface area (Å²) in [5.74, 6) is 1.34. The van der Waals surface area contributed by atoms with Crippen LogP contribution in [0.4, 0.5) is 10.8 Å². The van der Waals surface area contributed by atoms with E-state index in [-0.39, 0.29) is 6.10 Å². The molecule has 2 heterocycles. The summed E-state index contributed by atoms with van der Waals surface area (Å²) in [6.07, 6.45) is 8.48. The number of nitrogens with zero attached hydrogens (tertiary/aromatic N) is 2. The van der Waals surface area contributed by atoms with Crippen LogP contribution in [0.3, 0.4) is 0 Å². The molecule has 112 valence electrons. The predicted octanol–water partition coefficient (Wildman–Crippen LogP) is 3.67. The molecular formula is C15H25N3OS. The fraction of sp³-hybridized carbons (Fsp3) is 0.800. The van der Waals surface area contributed by atoms with Gasteiger partial charge in [0.1, 0.15) is 0 Å². The van der Waals surface area contributed by atoms with Crippen molar-refractivity contribution in [1.29, 1.82) is 0 Å². The van der Waals surface area contributed by atoms with E-state index in [2.05, 4.69) is 9.27 Å². The molecule has 3 rings (SSSR count). The molecule has 4 nitrogen and oxygen atoms in total. The van der Waals surface area contributed by atoms with Crippen LogP contribution >= 0.6 is 11.5 Å². The zero-order valence-electron chi connectivity index (χ0n) is 12.5. The molecule has 0 amide bonds. The molecule has 1 spiro atoms. The van der Waals surface area contributed by atoms with Crippen molar-refractivity contribution in [2.45, 2.75) is 58.5 Å². The highest BCUT2D eigenvalue weighted by molar-refractivity contribution is 7.11. The van der Waals surface area contributed by atoms with Crippen LogP contribution in [0.25, 0.3) is 0 Å². The summed E-state index contributed by atoms with van der Waals surface area (Å²) in [4.78, 5) is 2.43. The lowest BCUT2D eigenvalue weighted by molar-refractivity contribution is 0.222. The Kier molecular flexibility index (Phi) is 3.80. The molecule has 2 aliphatic rings. The quantitative estimate of drug-likeness (QED) is 0.924. The second-order valence-electron chi connectivity index (χ2n) is 6.56. The summed E-state index contributed by atoms with van der Waals surface area (Å²) >= 11 is 1.48. The highest BCUT2D eigenvalue weighted by atomic mass is 32.1. The number of nitrogens with two attached hydrogens (primary N) is 1. The SMILES string of the molecule is CC(C)Oc1c(N)nsc1N1CCC2(CCCC2)CC1. The third-order valence-electron chi connectivity index (χ3n) is 4.79. The van der Waals surface area contributed by atoms with E-state index in [1.807, 2.05) is 13.8 Å². The first kappa shape index (κ1) is 14.0. The van der Waals surface area contributed by atoms with Gasteiger partial charge in [-0.2, -0.15) is 4.37 Å². The number of aromatic nitrogens is 1. The fourth-order valence-corrected chi connectivity index (χ4v) is 4.44. The van der Waals surface area contributed by atoms with Crippen LogP contribution in [0.15, 0.2) is 0 Å². The minimum absolute atomic E-state index is 0.137. The summed E-state index contributed by atoms with van der Waals surface area (Å²) < 4.78 is 10.2. The molecule has 1 saturated carbocycles. The van der Waals surface area contributed by atoms with E-state index in [0.29, 0.717) is 11.2 Å². The summed E-state index contributed by atoms with van der Waals surface area (Å²) in [6, 6.07) is 0. The smallest absolute Gasteiger partial charge is 0.198 e. The summed E-state index contributed by atoms with van der Waals surface area (Å²) in [6.45, 7) is 6.31. The monoisotopic (exact) mass is 295 g/mol. The Balaban J connectivity index is 1.71. The first-order valence-corrected chi connectivity index (χ1v) is 8.54. The zero-order valence-corrected chi connectivity index (χ0v) is 13.3. The first-order valence-electron chi connectivity index (χ1n) is 7.76. The number of piperidine rings is 1. The van der Waals surface area contributed by atoms with E-state index in [9.17, 15) is 0 Å². The lowest BCUT2D eigenvalue weighted by Gasteiger charge is -2.40. The normalized spacial score (nSPS) is 21.9. The van der Waals surface area contributed by atoms with Crippen LogP contribution in [0, 0.1) is 5.41 Å². The van der Waals surface area contributed by atoms with Crippen LogP contribution in [-0.2, 0) is 0 Å². The summed E-state index contributed by atoms with van der Waals surface area (Å²) in [5.41, 5.74) is 6.60. The van der Waals surface area contributed by atoms with Gasteiger partial charge in [-0.05, 0) is 56.5 Å². The maximum atomic E-state index is 5.96. The van der Waals surface area contributed by atoms with Gasteiger partial charge in [0, 0.05) is 13.1 Å². The molecule has 0 bridgehead atoms. The standard InChI is InChI=1S/C15H25N3OS/c1-11(2)19-12-13(16)17-20-14(12)18-9-7-15(8-10-18)5-3-4-6-15/h11H,3-10H2,1-2H3,(H2,16,17). The van der Waals surface area contributed by atoms with Crippen molar-refractivity contribution in [2.24, 2.45) is 5.41 Å². The molecule has 0 unspecified atom stereocenters. The molecule has 0 radical (unpaired) electrons. The van der Waals surface area contributed by atoms with Crippen molar-refractivity contribution >= 4 is 22.4 Å². The number of rotatable bonds is 3. The van der Waals surface area contributed by atoms with Gasteiger partial charge in [0.15, 0.2) is 16.6 Å². The van der Waals surface area contributed by atoms with Crippen molar-refractivity contribution in [1.82, 2.24) is 4.37 Å². The number of hydrogen-bond acceptors (Lipinski definition) is 5. The lowest BCUT2D eigenvalue weighted by atomic mass is 9.77. The third-order valence-corrected chi connectivity index (χ3v) is 5.69. The van der Waals surface area contributed by atoms with Gasteiger partial charge in [-0.3, -0.25) is 0 Å². The minimum atomic E-state index is 0.137. The Morgan fingerprint density at radius 3 is 2.45 bits per heavy atom. The molecule has 0 aromatic carbocycles. The van der Waals surface area contributed by atoms with Gasteiger partial charge in [-0.15, -0.1) is 0 Å². The van der Waals surface area contributed by atoms with Crippen LogP contribution < -0.4 is 15.4 Å². The Bertz CT molecular complexity index is 456. The lowest BCUT2D eigenvalue weighted by Crippen LogP contribution is -2.38. The molecule has 1 saturated heterocycles. The topological polar surface area (TPSA) is 51.4 Å². The number of nitrogen functional groups attached to an aromatic ring is 1. The Labute approximate surface area is 125 Å². The van der Waals surface area contributed by atoms with Gasteiger partial charge in [0.05, 0.1) is 6.10 Å². The molecule has 20 heavy (non-hydrogen) atoms. The molecule has 2 fully saturated rings. The maximum absolute atomic E-state index is 5.96. The average Bonchev–Trinajstić information content (AvgIpc) is 3.00. The summed E-state index contributed by atoms with van der Waals surface area (Å²) in [7, 11) is 0. The van der Waals surface area contributed by atoms with Crippen molar-refractivity contribution in [3.63, 3.8) is 0 Å². The molecule has 0 atom stereocenters. The number of anilines is 2. The third kappa shape index (κ3) is 2.60. The van der Waals surface area contributed by atoms with E-state index < -0.39 is 0 Å². The zero-order chi connectivity index (χ0) is 14.2. The first-order chi connectivity index (χ1) is 9.60. The number of hydrogen-bond donors (Lipinski definition) is 1.